The van der Waals surface area contributed by atoms with Gasteiger partial charge in [-0.15, -0.1) is 0 Å². The standard InChI is InChI=1S/C23H23ClF3NO3/c1-31-21(30)12-17-10-16(11-19(24)22(17)23(25,26)27)18-5-3-2-4-15(18)13-28-9-8-20(29)14-6-7-14/h2-5,10-11,14,28H,6-9,12-13H2,1H3. The van der Waals surface area contributed by atoms with Crippen molar-refractivity contribution in [2.75, 3.05) is 13.7 Å². The molecule has 8 heteroatoms. The molecule has 1 fully saturated rings. The van der Waals surface area contributed by atoms with Crippen molar-refractivity contribution in [2.24, 2.45) is 5.92 Å². The number of hydrogen-bond donors (Lipinski definition) is 1. The number of Topliss-reactive ketones (excluding diaryl/α,β-unsaturated/α-hetero) is 1. The second kappa shape index (κ2) is 9.83. The number of esters is 1. The Hall–Kier alpha value is -2.38. The summed E-state index contributed by atoms with van der Waals surface area (Å²) < 4.78 is 45.2. The number of ketones is 1. The minimum Gasteiger partial charge on any atom is -0.469 e. The molecule has 1 saturated carbocycles. The van der Waals surface area contributed by atoms with E-state index in [9.17, 15) is 22.8 Å². The van der Waals surface area contributed by atoms with Crippen LogP contribution in [0.1, 0.15) is 36.0 Å². The number of halogens is 4. The van der Waals surface area contributed by atoms with Crippen LogP contribution in [0.15, 0.2) is 36.4 Å². The summed E-state index contributed by atoms with van der Waals surface area (Å²) in [5.41, 5.74) is 0.756. The van der Waals surface area contributed by atoms with E-state index in [1.807, 2.05) is 12.1 Å². The van der Waals surface area contributed by atoms with Crippen LogP contribution in [0.25, 0.3) is 11.1 Å². The minimum atomic E-state index is -4.70. The summed E-state index contributed by atoms with van der Waals surface area (Å²) in [5, 5.41) is 2.75. The Morgan fingerprint density at radius 1 is 1.16 bits per heavy atom. The van der Waals surface area contributed by atoms with Gasteiger partial charge in [-0.25, -0.2) is 0 Å². The first-order valence-corrected chi connectivity index (χ1v) is 10.4. The quantitative estimate of drug-likeness (QED) is 0.419. The average molecular weight is 454 g/mol. The summed E-state index contributed by atoms with van der Waals surface area (Å²) in [6.45, 7) is 0.976. The zero-order chi connectivity index (χ0) is 22.6. The van der Waals surface area contributed by atoms with E-state index in [2.05, 4.69) is 10.1 Å². The van der Waals surface area contributed by atoms with Crippen LogP contribution in [0.5, 0.6) is 0 Å². The fourth-order valence-electron chi connectivity index (χ4n) is 3.50. The molecule has 0 aliphatic heterocycles. The summed E-state index contributed by atoms with van der Waals surface area (Å²) in [7, 11) is 1.12. The van der Waals surface area contributed by atoms with Crippen molar-refractivity contribution in [2.45, 2.75) is 38.4 Å². The lowest BCUT2D eigenvalue weighted by atomic mass is 9.94. The van der Waals surface area contributed by atoms with Gasteiger partial charge in [0, 0.05) is 25.4 Å². The molecule has 0 spiro atoms. The summed E-state index contributed by atoms with van der Waals surface area (Å²) in [6.07, 6.45) is -2.83. The third-order valence-electron chi connectivity index (χ3n) is 5.24. The Morgan fingerprint density at radius 3 is 2.52 bits per heavy atom. The monoisotopic (exact) mass is 453 g/mol. The lowest BCUT2D eigenvalue weighted by Gasteiger charge is -2.18. The normalized spacial score (nSPS) is 13.8. The molecule has 1 aliphatic carbocycles. The second-order valence-corrected chi connectivity index (χ2v) is 7.97. The van der Waals surface area contributed by atoms with Crippen molar-refractivity contribution in [3.8, 4) is 11.1 Å². The first-order valence-electron chi connectivity index (χ1n) is 9.99. The van der Waals surface area contributed by atoms with Crippen molar-refractivity contribution in [3.05, 3.63) is 58.1 Å². The maximum absolute atomic E-state index is 13.5. The molecule has 0 heterocycles. The van der Waals surface area contributed by atoms with Gasteiger partial charge in [0.2, 0.25) is 0 Å². The van der Waals surface area contributed by atoms with E-state index in [1.54, 1.807) is 12.1 Å². The Morgan fingerprint density at radius 2 is 1.87 bits per heavy atom. The molecular formula is C23H23ClF3NO3. The van der Waals surface area contributed by atoms with Crippen molar-refractivity contribution in [3.63, 3.8) is 0 Å². The molecule has 2 aromatic rings. The second-order valence-electron chi connectivity index (χ2n) is 7.57. The third kappa shape index (κ3) is 6.08. The van der Waals surface area contributed by atoms with E-state index in [0.717, 1.165) is 25.5 Å². The maximum atomic E-state index is 13.5. The van der Waals surface area contributed by atoms with E-state index < -0.39 is 29.2 Å². The van der Waals surface area contributed by atoms with Crippen molar-refractivity contribution >= 4 is 23.4 Å². The zero-order valence-electron chi connectivity index (χ0n) is 17.0. The Labute approximate surface area is 183 Å². The van der Waals surface area contributed by atoms with Crippen molar-refractivity contribution in [1.82, 2.24) is 5.32 Å². The van der Waals surface area contributed by atoms with Gasteiger partial charge >= 0.3 is 12.1 Å². The maximum Gasteiger partial charge on any atom is 0.418 e. The van der Waals surface area contributed by atoms with Crippen molar-refractivity contribution in [1.29, 1.82) is 0 Å². The van der Waals surface area contributed by atoms with E-state index >= 15 is 0 Å². The number of methoxy groups -OCH3 is 1. The first-order chi connectivity index (χ1) is 14.7. The molecule has 0 saturated heterocycles. The lowest BCUT2D eigenvalue weighted by molar-refractivity contribution is -0.141. The number of carbonyl (C=O) groups is 2. The van der Waals surface area contributed by atoms with Crippen molar-refractivity contribution < 1.29 is 27.5 Å². The predicted molar refractivity (Wildman–Crippen MR) is 112 cm³/mol. The van der Waals surface area contributed by atoms with Crippen LogP contribution in [0.3, 0.4) is 0 Å². The topological polar surface area (TPSA) is 55.4 Å². The van der Waals surface area contributed by atoms with Crippen LogP contribution in [-0.2, 0) is 33.5 Å². The van der Waals surface area contributed by atoms with Crippen LogP contribution in [0, 0.1) is 5.92 Å². The van der Waals surface area contributed by atoms with Crippen LogP contribution < -0.4 is 5.32 Å². The van der Waals surface area contributed by atoms with Crippen LogP contribution in [0.2, 0.25) is 5.02 Å². The van der Waals surface area contributed by atoms with Gasteiger partial charge < -0.3 is 10.1 Å². The van der Waals surface area contributed by atoms with E-state index in [0.29, 0.717) is 30.6 Å². The largest absolute Gasteiger partial charge is 0.469 e. The van der Waals surface area contributed by atoms with Gasteiger partial charge in [-0.3, -0.25) is 9.59 Å². The van der Waals surface area contributed by atoms with Crippen LogP contribution >= 0.6 is 11.6 Å². The van der Waals surface area contributed by atoms with Gasteiger partial charge in [0.05, 0.1) is 24.1 Å². The molecule has 1 N–H and O–H groups in total. The van der Waals surface area contributed by atoms with Crippen LogP contribution in [-0.4, -0.2) is 25.4 Å². The number of hydrogen-bond acceptors (Lipinski definition) is 4. The molecule has 1 aliphatic rings. The average Bonchev–Trinajstić information content (AvgIpc) is 3.55. The van der Waals surface area contributed by atoms with Gasteiger partial charge in [0.1, 0.15) is 5.78 Å². The lowest BCUT2D eigenvalue weighted by Crippen LogP contribution is -2.19. The third-order valence-corrected chi connectivity index (χ3v) is 5.54. The summed E-state index contributed by atoms with van der Waals surface area (Å²) in [4.78, 5) is 23.5. The highest BCUT2D eigenvalue weighted by Crippen LogP contribution is 2.40. The molecular weight excluding hydrogens is 431 g/mol. The zero-order valence-corrected chi connectivity index (χ0v) is 17.8. The number of ether oxygens (including phenoxy) is 1. The molecule has 0 radical (unpaired) electrons. The highest BCUT2D eigenvalue weighted by molar-refractivity contribution is 6.32. The summed E-state index contributed by atoms with van der Waals surface area (Å²) in [6, 6.07) is 9.85. The number of alkyl halides is 3. The van der Waals surface area contributed by atoms with Gasteiger partial charge in [0.15, 0.2) is 0 Å². The van der Waals surface area contributed by atoms with E-state index in [4.69, 9.17) is 11.6 Å². The number of benzene rings is 2. The Bertz CT molecular complexity index is 971. The molecule has 4 nitrogen and oxygen atoms in total. The fraction of sp³-hybridized carbons (Fsp3) is 0.391. The number of nitrogens with one attached hydrogen (secondary N) is 1. The SMILES string of the molecule is COC(=O)Cc1cc(-c2ccccc2CNCCC(=O)C2CC2)cc(Cl)c1C(F)(F)F. The molecule has 2 aromatic carbocycles. The summed E-state index contributed by atoms with van der Waals surface area (Å²) >= 11 is 6.02. The smallest absolute Gasteiger partial charge is 0.418 e. The first kappa shape index (κ1) is 23.3. The highest BCUT2D eigenvalue weighted by atomic mass is 35.5. The van der Waals surface area contributed by atoms with Gasteiger partial charge in [-0.1, -0.05) is 35.9 Å². The number of rotatable bonds is 9. The highest BCUT2D eigenvalue weighted by Gasteiger charge is 2.37. The molecule has 166 valence electrons. The number of carbonyl (C=O) groups excluding carboxylic acids is 2. The molecule has 0 unspecified atom stereocenters. The minimum absolute atomic E-state index is 0.219. The van der Waals surface area contributed by atoms with E-state index in [1.165, 1.54) is 12.1 Å². The van der Waals surface area contributed by atoms with Gasteiger partial charge in [0.25, 0.3) is 0 Å². The summed E-state index contributed by atoms with van der Waals surface area (Å²) in [5.74, 6) is -0.298. The molecule has 0 atom stereocenters. The molecule has 0 bridgehead atoms. The molecule has 3 rings (SSSR count). The molecule has 0 aromatic heterocycles. The van der Waals surface area contributed by atoms with Gasteiger partial charge in [-0.05, 0) is 47.2 Å². The molecule has 31 heavy (non-hydrogen) atoms. The van der Waals surface area contributed by atoms with E-state index in [-0.39, 0.29) is 17.3 Å². The van der Waals surface area contributed by atoms with Crippen LogP contribution in [0.4, 0.5) is 13.2 Å². The Balaban J connectivity index is 1.86. The fourth-order valence-corrected chi connectivity index (χ4v) is 3.85. The van der Waals surface area contributed by atoms with Gasteiger partial charge in [-0.2, -0.15) is 13.2 Å². The Kier molecular flexibility index (Phi) is 7.38. The molecule has 0 amide bonds. The predicted octanol–water partition coefficient (Wildman–Crippen LogP) is 5.20.